The predicted molar refractivity (Wildman–Crippen MR) is 39.1 cm³/mol. The van der Waals surface area contributed by atoms with E-state index in [0.29, 0.717) is 0 Å². The standard InChI is InChI=1S/C7H10O7/c8-1-2-3(9)4-6(12-2)14-7(13-4)5(10)11/h2-4,6-9H,1H2,(H,10,11). The van der Waals surface area contributed by atoms with Crippen LogP contribution in [0.2, 0.25) is 0 Å². The first-order valence-electron chi connectivity index (χ1n) is 4.11. The molecule has 2 aliphatic heterocycles. The Balaban J connectivity index is 2.02. The first-order chi connectivity index (χ1) is 6.63. The van der Waals surface area contributed by atoms with Gasteiger partial charge < -0.3 is 29.5 Å². The minimum Gasteiger partial charge on any atom is -0.477 e. The van der Waals surface area contributed by atoms with Crippen molar-refractivity contribution in [2.24, 2.45) is 0 Å². The van der Waals surface area contributed by atoms with Gasteiger partial charge in [0.05, 0.1) is 6.61 Å². The Bertz CT molecular complexity index is 242. The van der Waals surface area contributed by atoms with Gasteiger partial charge >= 0.3 is 5.97 Å². The SMILES string of the molecule is O=C(O)C1OC2OC(CO)C(O)C2O1. The summed E-state index contributed by atoms with van der Waals surface area (Å²) < 4.78 is 14.7. The van der Waals surface area contributed by atoms with E-state index in [2.05, 4.69) is 0 Å². The minimum absolute atomic E-state index is 0.362. The Morgan fingerprint density at radius 2 is 2.00 bits per heavy atom. The summed E-state index contributed by atoms with van der Waals surface area (Å²) in [5.74, 6) is -1.27. The molecule has 0 spiro atoms. The van der Waals surface area contributed by atoms with Crippen LogP contribution in [-0.4, -0.2) is 58.8 Å². The second-order valence-electron chi connectivity index (χ2n) is 3.12. The van der Waals surface area contributed by atoms with Crippen LogP contribution in [0.1, 0.15) is 0 Å². The number of carboxylic acid groups (broad SMARTS) is 1. The van der Waals surface area contributed by atoms with Crippen molar-refractivity contribution < 1.29 is 34.3 Å². The molecule has 2 rings (SSSR count). The lowest BCUT2D eigenvalue weighted by atomic mass is 10.1. The molecule has 5 unspecified atom stereocenters. The number of fused-ring (bicyclic) bond motifs is 1. The van der Waals surface area contributed by atoms with E-state index in [1.165, 1.54) is 0 Å². The molecule has 0 aromatic heterocycles. The first kappa shape index (κ1) is 9.81. The lowest BCUT2D eigenvalue weighted by Gasteiger charge is -2.15. The molecule has 0 radical (unpaired) electrons. The van der Waals surface area contributed by atoms with Gasteiger partial charge in [-0.15, -0.1) is 0 Å². The smallest absolute Gasteiger partial charge is 0.361 e. The van der Waals surface area contributed by atoms with Gasteiger partial charge in [-0.2, -0.15) is 0 Å². The number of aliphatic carboxylic acids is 1. The molecular formula is C7H10O7. The molecule has 2 saturated heterocycles. The summed E-state index contributed by atoms with van der Waals surface area (Å²) in [6.45, 7) is -0.362. The molecule has 0 bridgehead atoms. The highest BCUT2D eigenvalue weighted by molar-refractivity contribution is 5.71. The summed E-state index contributed by atoms with van der Waals surface area (Å²) in [7, 11) is 0. The van der Waals surface area contributed by atoms with Crippen LogP contribution in [-0.2, 0) is 19.0 Å². The summed E-state index contributed by atoms with van der Waals surface area (Å²) in [5, 5.41) is 26.8. The van der Waals surface area contributed by atoms with Crippen LogP contribution in [0, 0.1) is 0 Å². The van der Waals surface area contributed by atoms with Gasteiger partial charge in [0.25, 0.3) is 6.29 Å². The van der Waals surface area contributed by atoms with Crippen LogP contribution in [0.15, 0.2) is 0 Å². The number of rotatable bonds is 2. The number of ether oxygens (including phenoxy) is 3. The molecule has 14 heavy (non-hydrogen) atoms. The molecular weight excluding hydrogens is 196 g/mol. The molecule has 2 heterocycles. The summed E-state index contributed by atoms with van der Waals surface area (Å²) in [6, 6.07) is 0. The van der Waals surface area contributed by atoms with Crippen molar-refractivity contribution in [3.63, 3.8) is 0 Å². The molecule has 0 aliphatic carbocycles. The molecule has 2 aliphatic rings. The van der Waals surface area contributed by atoms with E-state index in [1.807, 2.05) is 0 Å². The van der Waals surface area contributed by atoms with Crippen molar-refractivity contribution in [2.45, 2.75) is 30.9 Å². The normalized spacial score (nSPS) is 46.6. The van der Waals surface area contributed by atoms with E-state index in [9.17, 15) is 9.90 Å². The summed E-state index contributed by atoms with van der Waals surface area (Å²) >= 11 is 0. The van der Waals surface area contributed by atoms with Gasteiger partial charge in [0.15, 0.2) is 6.29 Å². The van der Waals surface area contributed by atoms with Gasteiger partial charge in [-0.05, 0) is 0 Å². The third-order valence-corrected chi connectivity index (χ3v) is 2.21. The Labute approximate surface area is 78.8 Å². The van der Waals surface area contributed by atoms with Gasteiger partial charge in [0.1, 0.15) is 18.3 Å². The number of carbonyl (C=O) groups is 1. The minimum atomic E-state index is -1.40. The largest absolute Gasteiger partial charge is 0.477 e. The number of carboxylic acids is 1. The van der Waals surface area contributed by atoms with Crippen molar-refractivity contribution in [1.29, 1.82) is 0 Å². The molecule has 0 aromatic rings. The molecule has 0 saturated carbocycles. The molecule has 7 heteroatoms. The van der Waals surface area contributed by atoms with Crippen molar-refractivity contribution in [3.05, 3.63) is 0 Å². The number of aliphatic hydroxyl groups is 2. The maximum atomic E-state index is 10.5. The lowest BCUT2D eigenvalue weighted by Crippen LogP contribution is -2.35. The monoisotopic (exact) mass is 206 g/mol. The molecule has 80 valence electrons. The van der Waals surface area contributed by atoms with Crippen molar-refractivity contribution >= 4 is 5.97 Å². The zero-order valence-electron chi connectivity index (χ0n) is 7.07. The predicted octanol–water partition coefficient (Wildman–Crippen LogP) is -2.11. The Morgan fingerprint density at radius 1 is 1.29 bits per heavy atom. The highest BCUT2D eigenvalue weighted by Crippen LogP contribution is 2.32. The Kier molecular flexibility index (Phi) is 2.41. The number of aliphatic hydroxyl groups excluding tert-OH is 2. The Hall–Kier alpha value is -0.730. The molecule has 0 aromatic carbocycles. The number of hydrogen-bond acceptors (Lipinski definition) is 6. The molecule has 2 fully saturated rings. The maximum absolute atomic E-state index is 10.5. The summed E-state index contributed by atoms with van der Waals surface area (Å²) in [5.41, 5.74) is 0. The van der Waals surface area contributed by atoms with E-state index in [-0.39, 0.29) is 6.61 Å². The van der Waals surface area contributed by atoms with Gasteiger partial charge in [0.2, 0.25) is 0 Å². The van der Waals surface area contributed by atoms with Crippen LogP contribution in [0.25, 0.3) is 0 Å². The van der Waals surface area contributed by atoms with Gasteiger partial charge in [-0.1, -0.05) is 0 Å². The van der Waals surface area contributed by atoms with E-state index in [4.69, 9.17) is 24.4 Å². The Morgan fingerprint density at radius 3 is 2.50 bits per heavy atom. The zero-order chi connectivity index (χ0) is 10.3. The summed E-state index contributed by atoms with van der Waals surface area (Å²) in [6.07, 6.45) is -5.00. The van der Waals surface area contributed by atoms with E-state index >= 15 is 0 Å². The summed E-state index contributed by atoms with van der Waals surface area (Å²) in [4.78, 5) is 10.5. The first-order valence-corrected chi connectivity index (χ1v) is 4.11. The lowest BCUT2D eigenvalue weighted by molar-refractivity contribution is -0.196. The fraction of sp³-hybridized carbons (Fsp3) is 0.857. The molecule has 7 nitrogen and oxygen atoms in total. The third-order valence-electron chi connectivity index (χ3n) is 2.21. The highest BCUT2D eigenvalue weighted by atomic mass is 16.8. The van der Waals surface area contributed by atoms with Gasteiger partial charge in [-0.25, -0.2) is 4.79 Å². The number of hydrogen-bond donors (Lipinski definition) is 3. The second-order valence-corrected chi connectivity index (χ2v) is 3.12. The van der Waals surface area contributed by atoms with Crippen LogP contribution in [0.5, 0.6) is 0 Å². The van der Waals surface area contributed by atoms with E-state index in [0.717, 1.165) is 0 Å². The quantitative estimate of drug-likeness (QED) is 0.474. The zero-order valence-corrected chi connectivity index (χ0v) is 7.07. The van der Waals surface area contributed by atoms with Crippen molar-refractivity contribution in [3.8, 4) is 0 Å². The van der Waals surface area contributed by atoms with E-state index in [1.54, 1.807) is 0 Å². The van der Waals surface area contributed by atoms with Crippen LogP contribution in [0.4, 0.5) is 0 Å². The third kappa shape index (κ3) is 1.39. The molecule has 5 atom stereocenters. The van der Waals surface area contributed by atoms with Gasteiger partial charge in [0, 0.05) is 0 Å². The molecule has 0 amide bonds. The highest BCUT2D eigenvalue weighted by Gasteiger charge is 2.53. The average Bonchev–Trinajstić information content (AvgIpc) is 2.66. The van der Waals surface area contributed by atoms with Crippen LogP contribution < -0.4 is 0 Å². The van der Waals surface area contributed by atoms with Gasteiger partial charge in [-0.3, -0.25) is 0 Å². The topological polar surface area (TPSA) is 105 Å². The fourth-order valence-electron chi connectivity index (χ4n) is 1.52. The average molecular weight is 206 g/mol. The van der Waals surface area contributed by atoms with Crippen molar-refractivity contribution in [2.75, 3.05) is 6.61 Å². The molecule has 3 N–H and O–H groups in total. The van der Waals surface area contributed by atoms with E-state index < -0.39 is 36.9 Å². The van der Waals surface area contributed by atoms with Crippen LogP contribution in [0.3, 0.4) is 0 Å². The van der Waals surface area contributed by atoms with Crippen LogP contribution >= 0.6 is 0 Å². The van der Waals surface area contributed by atoms with Crippen molar-refractivity contribution in [1.82, 2.24) is 0 Å². The maximum Gasteiger partial charge on any atom is 0.361 e. The fourth-order valence-corrected chi connectivity index (χ4v) is 1.52. The second kappa shape index (κ2) is 3.44.